The molecule has 0 aliphatic carbocycles. The summed E-state index contributed by atoms with van der Waals surface area (Å²) in [6.07, 6.45) is 1.11. The van der Waals surface area contributed by atoms with Gasteiger partial charge in [0.25, 0.3) is 0 Å². The molecule has 17 heavy (non-hydrogen) atoms. The van der Waals surface area contributed by atoms with Crippen LogP contribution in [0.2, 0.25) is 0 Å². The van der Waals surface area contributed by atoms with E-state index >= 15 is 0 Å². The Bertz CT molecular complexity index is 347. The monoisotopic (exact) mass is 235 g/mol. The van der Waals surface area contributed by atoms with Gasteiger partial charge in [0.05, 0.1) is 7.11 Å². The van der Waals surface area contributed by atoms with E-state index in [4.69, 9.17) is 4.74 Å². The summed E-state index contributed by atoms with van der Waals surface area (Å²) >= 11 is 0. The molecule has 96 valence electrons. The van der Waals surface area contributed by atoms with Crippen molar-refractivity contribution in [2.45, 2.75) is 33.1 Å². The molecule has 0 bridgehead atoms. The highest BCUT2D eigenvalue weighted by Gasteiger charge is 2.08. The van der Waals surface area contributed by atoms with Crippen LogP contribution in [0.4, 0.5) is 0 Å². The maximum Gasteiger partial charge on any atom is 0.122 e. The van der Waals surface area contributed by atoms with Gasteiger partial charge in [-0.05, 0) is 43.1 Å². The first-order valence-corrected chi connectivity index (χ1v) is 6.43. The third-order valence-electron chi connectivity index (χ3n) is 3.24. The summed E-state index contributed by atoms with van der Waals surface area (Å²) in [6.45, 7) is 8.82. The molecular weight excluding hydrogens is 210 g/mol. The van der Waals surface area contributed by atoms with Gasteiger partial charge in [-0.3, -0.25) is 0 Å². The van der Waals surface area contributed by atoms with Crippen molar-refractivity contribution in [2.24, 2.45) is 0 Å². The van der Waals surface area contributed by atoms with Crippen molar-refractivity contribution in [1.29, 1.82) is 0 Å². The second-order valence-electron chi connectivity index (χ2n) is 4.88. The van der Waals surface area contributed by atoms with Crippen molar-refractivity contribution in [3.8, 4) is 5.75 Å². The van der Waals surface area contributed by atoms with Crippen molar-refractivity contribution in [3.63, 3.8) is 0 Å². The lowest BCUT2D eigenvalue weighted by Gasteiger charge is -2.16. The predicted molar refractivity (Wildman–Crippen MR) is 74.0 cm³/mol. The predicted octanol–water partition coefficient (Wildman–Crippen LogP) is 3.31. The molecule has 0 atom stereocenters. The van der Waals surface area contributed by atoms with Crippen LogP contribution < -0.4 is 4.74 Å². The van der Waals surface area contributed by atoms with Crippen LogP contribution in [0.15, 0.2) is 18.2 Å². The Hall–Kier alpha value is -1.02. The molecule has 0 aliphatic rings. The summed E-state index contributed by atoms with van der Waals surface area (Å²) in [5, 5.41) is 0. The SMILES string of the molecule is CCN(C)CCc1ccc(OC)c(C(C)C)c1. The number of hydrogen-bond donors (Lipinski definition) is 0. The van der Waals surface area contributed by atoms with Gasteiger partial charge in [-0.15, -0.1) is 0 Å². The van der Waals surface area contributed by atoms with Gasteiger partial charge in [0.1, 0.15) is 5.75 Å². The minimum absolute atomic E-state index is 0.508. The first-order chi connectivity index (χ1) is 8.08. The Morgan fingerprint density at radius 1 is 1.29 bits per heavy atom. The van der Waals surface area contributed by atoms with Crippen molar-refractivity contribution in [2.75, 3.05) is 27.2 Å². The second-order valence-corrected chi connectivity index (χ2v) is 4.88. The van der Waals surface area contributed by atoms with Crippen molar-refractivity contribution in [1.82, 2.24) is 4.90 Å². The highest BCUT2D eigenvalue weighted by molar-refractivity contribution is 5.39. The molecule has 0 spiro atoms. The Morgan fingerprint density at radius 2 is 2.00 bits per heavy atom. The fraction of sp³-hybridized carbons (Fsp3) is 0.600. The van der Waals surface area contributed by atoms with Crippen molar-refractivity contribution < 1.29 is 4.74 Å². The smallest absolute Gasteiger partial charge is 0.122 e. The Morgan fingerprint density at radius 3 is 2.53 bits per heavy atom. The molecule has 1 aromatic carbocycles. The molecular formula is C15H25NO. The van der Waals surface area contributed by atoms with Gasteiger partial charge in [0.15, 0.2) is 0 Å². The summed E-state index contributed by atoms with van der Waals surface area (Å²) in [7, 11) is 3.90. The number of rotatable bonds is 6. The average molecular weight is 235 g/mol. The molecule has 1 aromatic rings. The van der Waals surface area contributed by atoms with E-state index in [0.717, 1.165) is 25.3 Å². The van der Waals surface area contributed by atoms with Crippen LogP contribution in [0.25, 0.3) is 0 Å². The normalized spacial score (nSPS) is 11.2. The van der Waals surface area contributed by atoms with Gasteiger partial charge in [0, 0.05) is 6.54 Å². The Labute approximate surface area is 106 Å². The Balaban J connectivity index is 2.78. The summed E-state index contributed by atoms with van der Waals surface area (Å²) in [5.41, 5.74) is 2.71. The fourth-order valence-corrected chi connectivity index (χ4v) is 1.87. The summed E-state index contributed by atoms with van der Waals surface area (Å²) in [4.78, 5) is 2.33. The van der Waals surface area contributed by atoms with Crippen LogP contribution in [-0.2, 0) is 6.42 Å². The second kappa shape index (κ2) is 6.65. The lowest BCUT2D eigenvalue weighted by Crippen LogP contribution is -2.20. The maximum atomic E-state index is 5.40. The Kier molecular flexibility index (Phi) is 5.49. The van der Waals surface area contributed by atoms with Crippen LogP contribution >= 0.6 is 0 Å². The minimum Gasteiger partial charge on any atom is -0.496 e. The minimum atomic E-state index is 0.508. The first-order valence-electron chi connectivity index (χ1n) is 6.43. The van der Waals surface area contributed by atoms with Gasteiger partial charge in [-0.25, -0.2) is 0 Å². The molecule has 0 aliphatic heterocycles. The summed E-state index contributed by atoms with van der Waals surface area (Å²) < 4.78 is 5.40. The third kappa shape index (κ3) is 4.04. The fourth-order valence-electron chi connectivity index (χ4n) is 1.87. The van der Waals surface area contributed by atoms with E-state index in [0.29, 0.717) is 5.92 Å². The van der Waals surface area contributed by atoms with Gasteiger partial charge in [0.2, 0.25) is 0 Å². The van der Waals surface area contributed by atoms with E-state index in [-0.39, 0.29) is 0 Å². The lowest BCUT2D eigenvalue weighted by molar-refractivity contribution is 0.357. The molecule has 0 saturated heterocycles. The largest absolute Gasteiger partial charge is 0.496 e. The molecule has 2 heteroatoms. The summed E-state index contributed by atoms with van der Waals surface area (Å²) in [5.74, 6) is 1.52. The molecule has 0 unspecified atom stereocenters. The molecule has 0 fully saturated rings. The van der Waals surface area contributed by atoms with Gasteiger partial charge in [-0.1, -0.05) is 32.9 Å². The summed E-state index contributed by atoms with van der Waals surface area (Å²) in [6, 6.07) is 6.55. The zero-order valence-electron chi connectivity index (χ0n) is 11.8. The topological polar surface area (TPSA) is 12.5 Å². The number of methoxy groups -OCH3 is 1. The molecule has 2 nitrogen and oxygen atoms in total. The number of ether oxygens (including phenoxy) is 1. The molecule has 0 heterocycles. The van der Waals surface area contributed by atoms with E-state index in [2.05, 4.69) is 50.9 Å². The third-order valence-corrected chi connectivity index (χ3v) is 3.24. The van der Waals surface area contributed by atoms with E-state index in [1.807, 2.05) is 0 Å². The number of nitrogens with zero attached hydrogens (tertiary/aromatic N) is 1. The average Bonchev–Trinajstić information content (AvgIpc) is 2.35. The van der Waals surface area contributed by atoms with E-state index in [1.54, 1.807) is 7.11 Å². The van der Waals surface area contributed by atoms with Crippen LogP contribution in [0.3, 0.4) is 0 Å². The quantitative estimate of drug-likeness (QED) is 0.750. The van der Waals surface area contributed by atoms with E-state index in [1.165, 1.54) is 11.1 Å². The highest BCUT2D eigenvalue weighted by atomic mass is 16.5. The molecule has 0 saturated carbocycles. The van der Waals surface area contributed by atoms with Gasteiger partial charge >= 0.3 is 0 Å². The van der Waals surface area contributed by atoms with Gasteiger partial charge in [-0.2, -0.15) is 0 Å². The van der Waals surface area contributed by atoms with E-state index in [9.17, 15) is 0 Å². The molecule has 1 rings (SSSR count). The molecule has 0 N–H and O–H groups in total. The zero-order chi connectivity index (χ0) is 12.8. The van der Waals surface area contributed by atoms with E-state index < -0.39 is 0 Å². The molecule has 0 radical (unpaired) electrons. The van der Waals surface area contributed by atoms with Crippen LogP contribution in [0.1, 0.15) is 37.8 Å². The first kappa shape index (κ1) is 14.0. The van der Waals surface area contributed by atoms with Gasteiger partial charge < -0.3 is 9.64 Å². The van der Waals surface area contributed by atoms with Crippen molar-refractivity contribution >= 4 is 0 Å². The number of likely N-dealkylation sites (N-methyl/N-ethyl adjacent to an activating group) is 1. The maximum absolute atomic E-state index is 5.40. The van der Waals surface area contributed by atoms with Crippen LogP contribution in [0.5, 0.6) is 5.75 Å². The highest BCUT2D eigenvalue weighted by Crippen LogP contribution is 2.27. The molecule has 0 aromatic heterocycles. The molecule has 0 amide bonds. The van der Waals surface area contributed by atoms with Crippen LogP contribution in [0, 0.1) is 0 Å². The van der Waals surface area contributed by atoms with Crippen molar-refractivity contribution in [3.05, 3.63) is 29.3 Å². The zero-order valence-corrected chi connectivity index (χ0v) is 11.8. The van der Waals surface area contributed by atoms with Crippen LogP contribution in [-0.4, -0.2) is 32.1 Å². The lowest BCUT2D eigenvalue weighted by atomic mass is 9.98. The standard InChI is InChI=1S/C15H25NO/c1-6-16(4)10-9-13-7-8-15(17-5)14(11-13)12(2)3/h7-8,11-12H,6,9-10H2,1-5H3. The number of hydrogen-bond acceptors (Lipinski definition) is 2. The number of benzene rings is 1.